The molecule has 1 fully saturated rings. The van der Waals surface area contributed by atoms with Crippen molar-refractivity contribution in [2.24, 2.45) is 0 Å². The quantitative estimate of drug-likeness (QED) is 0.693. The number of fused-ring (bicyclic) bond motifs is 1. The highest BCUT2D eigenvalue weighted by Crippen LogP contribution is 2.28. The fourth-order valence-electron chi connectivity index (χ4n) is 3.09. The molecule has 5 nitrogen and oxygen atoms in total. The molecule has 4 rings (SSSR count). The highest BCUT2D eigenvalue weighted by molar-refractivity contribution is 6.29. The van der Waals surface area contributed by atoms with Crippen molar-refractivity contribution >= 4 is 28.5 Å². The van der Waals surface area contributed by atoms with Gasteiger partial charge in [0.15, 0.2) is 11.6 Å². The molecule has 1 N–H and O–H groups in total. The maximum Gasteiger partial charge on any atom is 0.271 e. The number of morpholine rings is 1. The Kier molecular flexibility index (Phi) is 4.34. The fourth-order valence-corrected chi connectivity index (χ4v) is 3.24. The number of amides is 1. The van der Waals surface area contributed by atoms with E-state index in [4.69, 9.17) is 16.3 Å². The second-order valence-electron chi connectivity index (χ2n) is 6.02. The number of hydrogen-bond acceptors (Lipinski definition) is 3. The van der Waals surface area contributed by atoms with Crippen LogP contribution < -0.4 is 0 Å². The SMILES string of the molecule is O=C(c1cc2ccc(Cl)nc2[nH]1)N1CCOC[C@@H]1c1ccc(F)c(F)c1. The summed E-state index contributed by atoms with van der Waals surface area (Å²) in [6.45, 7) is 0.920. The van der Waals surface area contributed by atoms with Crippen LogP contribution in [0.5, 0.6) is 0 Å². The highest BCUT2D eigenvalue weighted by atomic mass is 35.5. The van der Waals surface area contributed by atoms with Gasteiger partial charge in [-0.3, -0.25) is 4.79 Å². The summed E-state index contributed by atoms with van der Waals surface area (Å²) >= 11 is 5.88. The monoisotopic (exact) mass is 377 g/mol. The number of halogens is 3. The predicted octanol–water partition coefficient (Wildman–Crippen LogP) is 3.71. The number of nitrogens with one attached hydrogen (secondary N) is 1. The van der Waals surface area contributed by atoms with Gasteiger partial charge in [-0.05, 0) is 35.9 Å². The van der Waals surface area contributed by atoms with Crippen LogP contribution in [0.2, 0.25) is 5.15 Å². The summed E-state index contributed by atoms with van der Waals surface area (Å²) < 4.78 is 32.3. The number of carbonyl (C=O) groups is 1. The minimum atomic E-state index is -0.954. The van der Waals surface area contributed by atoms with Gasteiger partial charge < -0.3 is 14.6 Å². The maximum atomic E-state index is 13.6. The minimum Gasteiger partial charge on any atom is -0.377 e. The second-order valence-corrected chi connectivity index (χ2v) is 6.40. The van der Waals surface area contributed by atoms with E-state index in [1.807, 2.05) is 0 Å². The number of hydrogen-bond donors (Lipinski definition) is 1. The molecule has 1 aromatic carbocycles. The number of rotatable bonds is 2. The molecule has 2 aromatic heterocycles. The van der Waals surface area contributed by atoms with E-state index in [1.165, 1.54) is 6.07 Å². The van der Waals surface area contributed by atoms with Gasteiger partial charge in [-0.1, -0.05) is 17.7 Å². The van der Waals surface area contributed by atoms with Crippen molar-refractivity contribution < 1.29 is 18.3 Å². The first-order chi connectivity index (χ1) is 12.5. The zero-order valence-corrected chi connectivity index (χ0v) is 14.3. The van der Waals surface area contributed by atoms with Crippen LogP contribution in [0.15, 0.2) is 36.4 Å². The molecule has 0 bridgehead atoms. The number of aromatic amines is 1. The molecule has 0 radical (unpaired) electrons. The van der Waals surface area contributed by atoms with Gasteiger partial charge in [-0.25, -0.2) is 13.8 Å². The van der Waals surface area contributed by atoms with Crippen molar-refractivity contribution in [2.75, 3.05) is 19.8 Å². The molecule has 0 aliphatic carbocycles. The van der Waals surface area contributed by atoms with Gasteiger partial charge in [0.1, 0.15) is 16.5 Å². The number of aromatic nitrogens is 2. The largest absolute Gasteiger partial charge is 0.377 e. The van der Waals surface area contributed by atoms with E-state index in [1.54, 1.807) is 23.1 Å². The first-order valence-electron chi connectivity index (χ1n) is 8.02. The number of benzene rings is 1. The lowest BCUT2D eigenvalue weighted by molar-refractivity contribution is -0.00306. The van der Waals surface area contributed by atoms with Crippen molar-refractivity contribution in [2.45, 2.75) is 6.04 Å². The molecule has 0 spiro atoms. The topological polar surface area (TPSA) is 58.2 Å². The van der Waals surface area contributed by atoms with Gasteiger partial charge in [0, 0.05) is 11.9 Å². The minimum absolute atomic E-state index is 0.209. The van der Waals surface area contributed by atoms with Gasteiger partial charge in [0.2, 0.25) is 0 Å². The average Bonchev–Trinajstić information content (AvgIpc) is 3.06. The third-order valence-electron chi connectivity index (χ3n) is 4.39. The van der Waals surface area contributed by atoms with E-state index >= 15 is 0 Å². The van der Waals surface area contributed by atoms with E-state index in [0.717, 1.165) is 17.5 Å². The summed E-state index contributed by atoms with van der Waals surface area (Å²) in [7, 11) is 0. The first-order valence-corrected chi connectivity index (χ1v) is 8.39. The summed E-state index contributed by atoms with van der Waals surface area (Å²) in [6, 6.07) is 8.21. The van der Waals surface area contributed by atoms with Crippen molar-refractivity contribution in [1.29, 1.82) is 0 Å². The Morgan fingerprint density at radius 3 is 2.88 bits per heavy atom. The Balaban J connectivity index is 1.68. The van der Waals surface area contributed by atoms with Crippen LogP contribution in [0.4, 0.5) is 8.78 Å². The second kappa shape index (κ2) is 6.66. The van der Waals surface area contributed by atoms with Crippen LogP contribution in [-0.2, 0) is 4.74 Å². The van der Waals surface area contributed by atoms with Gasteiger partial charge >= 0.3 is 0 Å². The van der Waals surface area contributed by atoms with Crippen LogP contribution in [0, 0.1) is 11.6 Å². The summed E-state index contributed by atoms with van der Waals surface area (Å²) in [6.07, 6.45) is 0. The Morgan fingerprint density at radius 2 is 2.08 bits per heavy atom. The molecule has 1 amide bonds. The average molecular weight is 378 g/mol. The van der Waals surface area contributed by atoms with E-state index in [2.05, 4.69) is 9.97 Å². The maximum absolute atomic E-state index is 13.6. The zero-order chi connectivity index (χ0) is 18.3. The van der Waals surface area contributed by atoms with Crippen molar-refractivity contribution in [3.8, 4) is 0 Å². The molecule has 26 heavy (non-hydrogen) atoms. The number of pyridine rings is 1. The molecule has 134 valence electrons. The molecule has 1 atom stereocenters. The van der Waals surface area contributed by atoms with Crippen LogP contribution in [-0.4, -0.2) is 40.5 Å². The van der Waals surface area contributed by atoms with Gasteiger partial charge in [-0.2, -0.15) is 0 Å². The molecule has 3 heterocycles. The lowest BCUT2D eigenvalue weighted by Gasteiger charge is -2.35. The predicted molar refractivity (Wildman–Crippen MR) is 92.1 cm³/mol. The van der Waals surface area contributed by atoms with E-state index in [0.29, 0.717) is 35.2 Å². The van der Waals surface area contributed by atoms with E-state index < -0.39 is 17.7 Å². The molecule has 0 unspecified atom stereocenters. The number of ether oxygens (including phenoxy) is 1. The Hall–Kier alpha value is -2.51. The van der Waals surface area contributed by atoms with Crippen LogP contribution >= 0.6 is 11.6 Å². The zero-order valence-electron chi connectivity index (χ0n) is 13.5. The molecule has 3 aromatic rings. The van der Waals surface area contributed by atoms with Crippen molar-refractivity contribution in [3.05, 3.63) is 64.4 Å². The summed E-state index contributed by atoms with van der Waals surface area (Å²) in [5, 5.41) is 1.08. The summed E-state index contributed by atoms with van der Waals surface area (Å²) in [5.41, 5.74) is 1.34. The normalized spacial score (nSPS) is 17.7. The van der Waals surface area contributed by atoms with E-state index in [9.17, 15) is 13.6 Å². The number of H-pyrrole nitrogens is 1. The Labute approximate surface area is 152 Å². The van der Waals surface area contributed by atoms with Crippen LogP contribution in [0.25, 0.3) is 11.0 Å². The molecule has 1 aliphatic heterocycles. The van der Waals surface area contributed by atoms with Crippen LogP contribution in [0.1, 0.15) is 22.1 Å². The number of carbonyl (C=O) groups excluding carboxylic acids is 1. The third kappa shape index (κ3) is 3.04. The van der Waals surface area contributed by atoms with Crippen LogP contribution in [0.3, 0.4) is 0 Å². The first kappa shape index (κ1) is 16.9. The van der Waals surface area contributed by atoms with Gasteiger partial charge in [-0.15, -0.1) is 0 Å². The van der Waals surface area contributed by atoms with Crippen molar-refractivity contribution in [3.63, 3.8) is 0 Å². The highest BCUT2D eigenvalue weighted by Gasteiger charge is 2.30. The molecule has 1 aliphatic rings. The van der Waals surface area contributed by atoms with Crippen molar-refractivity contribution in [1.82, 2.24) is 14.9 Å². The molecule has 1 saturated heterocycles. The smallest absolute Gasteiger partial charge is 0.271 e. The van der Waals surface area contributed by atoms with E-state index in [-0.39, 0.29) is 12.5 Å². The third-order valence-corrected chi connectivity index (χ3v) is 4.60. The summed E-state index contributed by atoms with van der Waals surface area (Å²) in [4.78, 5) is 21.7. The molecular weight excluding hydrogens is 364 g/mol. The molecule has 8 heteroatoms. The standard InChI is InChI=1S/C18H14ClF2N3O2/c19-16-4-2-11-8-14(22-17(11)23-16)18(25)24-5-6-26-9-15(24)10-1-3-12(20)13(21)7-10/h1-4,7-8,15H,5-6,9H2,(H,22,23)/t15-/m1/s1. The summed E-state index contributed by atoms with van der Waals surface area (Å²) in [5.74, 6) is -2.15. The number of nitrogens with zero attached hydrogens (tertiary/aromatic N) is 2. The van der Waals surface area contributed by atoms with Gasteiger partial charge in [0.05, 0.1) is 19.3 Å². The lowest BCUT2D eigenvalue weighted by atomic mass is 10.0. The molecular formula is C18H14ClF2N3O2. The fraction of sp³-hybridized carbons (Fsp3) is 0.222. The Morgan fingerprint density at radius 1 is 1.23 bits per heavy atom. The van der Waals surface area contributed by atoms with Gasteiger partial charge in [0.25, 0.3) is 5.91 Å². The molecule has 0 saturated carbocycles. The lowest BCUT2D eigenvalue weighted by Crippen LogP contribution is -2.43. The Bertz CT molecular complexity index is 992.